The Hall–Kier alpha value is -1.76. The smallest absolute Gasteiger partial charge is 0.233 e. The van der Waals surface area contributed by atoms with Gasteiger partial charge in [0.15, 0.2) is 0 Å². The fourth-order valence-corrected chi connectivity index (χ4v) is 4.30. The third kappa shape index (κ3) is 3.19. The van der Waals surface area contributed by atoms with Crippen LogP contribution < -0.4 is 4.72 Å². The Balaban J connectivity index is 1.73. The Morgan fingerprint density at radius 2 is 1.91 bits per heavy atom. The molecule has 0 spiro atoms. The second-order valence-electron chi connectivity index (χ2n) is 5.07. The molecule has 0 aliphatic rings. The number of benzene rings is 2. The summed E-state index contributed by atoms with van der Waals surface area (Å²) in [6, 6.07) is 12.4. The maximum atomic E-state index is 12.0. The van der Waals surface area contributed by atoms with E-state index in [-0.39, 0.29) is 4.34 Å². The summed E-state index contributed by atoms with van der Waals surface area (Å²) in [6.45, 7) is 2.41. The quantitative estimate of drug-likeness (QED) is 0.781. The lowest BCUT2D eigenvalue weighted by Crippen LogP contribution is -2.26. The summed E-state index contributed by atoms with van der Waals surface area (Å²) in [4.78, 5) is 3.84. The zero-order valence-corrected chi connectivity index (χ0v) is 13.7. The monoisotopic (exact) mass is 332 g/mol. The molecular formula is C16H16N2O2S2. The Morgan fingerprint density at radius 1 is 1.18 bits per heavy atom. The van der Waals surface area contributed by atoms with Crippen molar-refractivity contribution in [2.75, 3.05) is 6.54 Å². The lowest BCUT2D eigenvalue weighted by molar-refractivity contribution is 0.581. The maximum Gasteiger partial charge on any atom is 0.267 e. The van der Waals surface area contributed by atoms with E-state index in [1.807, 2.05) is 12.1 Å². The molecule has 6 heteroatoms. The second kappa shape index (κ2) is 6.16. The first-order valence-electron chi connectivity index (χ1n) is 6.94. The number of fused-ring (bicyclic) bond motifs is 1. The van der Waals surface area contributed by atoms with Crippen LogP contribution >= 0.6 is 11.3 Å². The van der Waals surface area contributed by atoms with Crippen LogP contribution in [0.5, 0.6) is 0 Å². The van der Waals surface area contributed by atoms with Gasteiger partial charge in [-0.25, -0.2) is 18.1 Å². The van der Waals surface area contributed by atoms with Crippen molar-refractivity contribution in [1.82, 2.24) is 9.71 Å². The van der Waals surface area contributed by atoms with E-state index in [1.165, 1.54) is 22.5 Å². The number of hydrogen-bond acceptors (Lipinski definition) is 4. The zero-order chi connectivity index (χ0) is 15.6. The van der Waals surface area contributed by atoms with Gasteiger partial charge in [0.05, 0.1) is 0 Å². The van der Waals surface area contributed by atoms with Crippen molar-refractivity contribution < 1.29 is 8.42 Å². The van der Waals surface area contributed by atoms with Crippen molar-refractivity contribution in [3.8, 4) is 0 Å². The molecular weight excluding hydrogens is 316 g/mol. The highest BCUT2D eigenvalue weighted by molar-refractivity contribution is 7.91. The van der Waals surface area contributed by atoms with E-state index in [4.69, 9.17) is 0 Å². The predicted octanol–water partition coefficient (Wildman–Crippen LogP) is 3.13. The van der Waals surface area contributed by atoms with E-state index in [2.05, 4.69) is 40.9 Å². The fourth-order valence-electron chi connectivity index (χ4n) is 2.40. The number of aryl methyl sites for hydroxylation is 1. The first-order chi connectivity index (χ1) is 10.6. The molecule has 0 saturated carbocycles. The van der Waals surface area contributed by atoms with Gasteiger partial charge in [-0.2, -0.15) is 0 Å². The van der Waals surface area contributed by atoms with E-state index in [0.717, 1.165) is 16.9 Å². The van der Waals surface area contributed by atoms with E-state index in [0.29, 0.717) is 13.0 Å². The molecule has 0 aliphatic heterocycles. The minimum Gasteiger partial charge on any atom is -0.233 e. The highest BCUT2D eigenvalue weighted by Crippen LogP contribution is 2.20. The number of nitrogens with one attached hydrogen (secondary N) is 1. The molecule has 0 atom stereocenters. The molecule has 2 aromatic carbocycles. The molecule has 22 heavy (non-hydrogen) atoms. The van der Waals surface area contributed by atoms with Crippen LogP contribution in [-0.2, 0) is 16.4 Å². The number of nitrogens with zero attached hydrogens (tertiary/aromatic N) is 1. The van der Waals surface area contributed by atoms with E-state index < -0.39 is 10.0 Å². The van der Waals surface area contributed by atoms with Gasteiger partial charge in [-0.1, -0.05) is 36.4 Å². The van der Waals surface area contributed by atoms with Gasteiger partial charge in [0.1, 0.15) is 0 Å². The van der Waals surface area contributed by atoms with Gasteiger partial charge in [0.2, 0.25) is 4.34 Å². The van der Waals surface area contributed by atoms with Crippen molar-refractivity contribution in [2.45, 2.75) is 17.7 Å². The standard InChI is InChI=1S/C16H16N2O2S2/c1-12-10-14-4-2-3-5-15(14)11-13(12)6-7-18-22(19,20)16-17-8-9-21-16/h2-5,8-11,18H,6-7H2,1H3. The lowest BCUT2D eigenvalue weighted by atomic mass is 10.00. The predicted molar refractivity (Wildman–Crippen MR) is 89.7 cm³/mol. The number of rotatable bonds is 5. The minimum atomic E-state index is -3.49. The third-order valence-corrected chi connectivity index (χ3v) is 6.19. The average Bonchev–Trinajstić information content (AvgIpc) is 3.03. The van der Waals surface area contributed by atoms with Crippen LogP contribution in [-0.4, -0.2) is 19.9 Å². The van der Waals surface area contributed by atoms with Gasteiger partial charge < -0.3 is 0 Å². The number of hydrogen-bond donors (Lipinski definition) is 1. The summed E-state index contributed by atoms with van der Waals surface area (Å²) in [5.74, 6) is 0. The first kappa shape index (κ1) is 15.1. The molecule has 0 bridgehead atoms. The lowest BCUT2D eigenvalue weighted by Gasteiger charge is -2.09. The van der Waals surface area contributed by atoms with Crippen LogP contribution in [0.2, 0.25) is 0 Å². The Labute approximate surface area is 133 Å². The zero-order valence-electron chi connectivity index (χ0n) is 12.1. The van der Waals surface area contributed by atoms with Gasteiger partial charge in [-0.05, 0) is 35.2 Å². The molecule has 0 saturated heterocycles. The third-order valence-electron chi connectivity index (χ3n) is 3.53. The van der Waals surface area contributed by atoms with Gasteiger partial charge in [-0.15, -0.1) is 11.3 Å². The largest absolute Gasteiger partial charge is 0.267 e. The Kier molecular flexibility index (Phi) is 4.24. The fraction of sp³-hybridized carbons (Fsp3) is 0.188. The topological polar surface area (TPSA) is 59.1 Å². The SMILES string of the molecule is Cc1cc2ccccc2cc1CCNS(=O)(=O)c1nccs1. The Morgan fingerprint density at radius 3 is 2.59 bits per heavy atom. The van der Waals surface area contributed by atoms with Gasteiger partial charge in [0, 0.05) is 18.1 Å². The van der Waals surface area contributed by atoms with Crippen LogP contribution in [0.4, 0.5) is 0 Å². The van der Waals surface area contributed by atoms with Crippen molar-refractivity contribution in [3.63, 3.8) is 0 Å². The van der Waals surface area contributed by atoms with Gasteiger partial charge >= 0.3 is 0 Å². The second-order valence-corrected chi connectivity index (χ2v) is 7.91. The van der Waals surface area contributed by atoms with Crippen molar-refractivity contribution >= 4 is 32.1 Å². The van der Waals surface area contributed by atoms with Crippen LogP contribution in [0, 0.1) is 6.92 Å². The Bertz CT molecular complexity index is 888. The van der Waals surface area contributed by atoms with E-state index in [1.54, 1.807) is 5.38 Å². The minimum absolute atomic E-state index is 0.114. The van der Waals surface area contributed by atoms with Crippen LogP contribution in [0.3, 0.4) is 0 Å². The molecule has 0 aliphatic carbocycles. The van der Waals surface area contributed by atoms with E-state index >= 15 is 0 Å². The number of sulfonamides is 1. The molecule has 3 aromatic rings. The van der Waals surface area contributed by atoms with Crippen LogP contribution in [0.25, 0.3) is 10.8 Å². The van der Waals surface area contributed by atoms with Crippen molar-refractivity contribution in [1.29, 1.82) is 0 Å². The van der Waals surface area contributed by atoms with Crippen molar-refractivity contribution in [3.05, 3.63) is 59.1 Å². The van der Waals surface area contributed by atoms with E-state index in [9.17, 15) is 8.42 Å². The molecule has 1 aromatic heterocycles. The highest BCUT2D eigenvalue weighted by atomic mass is 32.2. The summed E-state index contributed by atoms with van der Waals surface area (Å²) in [5.41, 5.74) is 2.33. The molecule has 4 nitrogen and oxygen atoms in total. The molecule has 1 heterocycles. The summed E-state index contributed by atoms with van der Waals surface area (Å²) in [6.07, 6.45) is 2.15. The summed E-state index contributed by atoms with van der Waals surface area (Å²) < 4.78 is 26.8. The summed E-state index contributed by atoms with van der Waals surface area (Å²) in [5, 5.41) is 4.03. The molecule has 0 fully saturated rings. The maximum absolute atomic E-state index is 12.0. The normalized spacial score (nSPS) is 11.9. The molecule has 0 radical (unpaired) electrons. The highest BCUT2D eigenvalue weighted by Gasteiger charge is 2.16. The molecule has 114 valence electrons. The molecule has 1 N–H and O–H groups in total. The molecule has 0 unspecified atom stereocenters. The van der Waals surface area contributed by atoms with Gasteiger partial charge in [-0.3, -0.25) is 0 Å². The number of thiazole rings is 1. The van der Waals surface area contributed by atoms with Crippen LogP contribution in [0.1, 0.15) is 11.1 Å². The molecule has 3 rings (SSSR count). The van der Waals surface area contributed by atoms with Crippen LogP contribution in [0.15, 0.2) is 52.3 Å². The summed E-state index contributed by atoms with van der Waals surface area (Å²) in [7, 11) is -3.49. The van der Waals surface area contributed by atoms with Crippen molar-refractivity contribution in [2.24, 2.45) is 0 Å². The number of aromatic nitrogens is 1. The molecule has 0 amide bonds. The first-order valence-corrected chi connectivity index (χ1v) is 9.30. The average molecular weight is 332 g/mol. The summed E-state index contributed by atoms with van der Waals surface area (Å²) >= 11 is 1.12. The van der Waals surface area contributed by atoms with Gasteiger partial charge in [0.25, 0.3) is 10.0 Å².